The number of likely N-dealkylation sites (N-methyl/N-ethyl adjacent to an activating group) is 1. The van der Waals surface area contributed by atoms with Gasteiger partial charge in [0.05, 0.1) is 6.54 Å². The third kappa shape index (κ3) is 1.72. The van der Waals surface area contributed by atoms with E-state index in [4.69, 9.17) is 23.2 Å². The predicted molar refractivity (Wildman–Crippen MR) is 86.2 cm³/mol. The number of hydrogen-bond acceptors (Lipinski definition) is 2. The van der Waals surface area contributed by atoms with Crippen molar-refractivity contribution in [2.24, 2.45) is 0 Å². The topological polar surface area (TPSA) is 28.5 Å². The lowest BCUT2D eigenvalue weighted by Gasteiger charge is -2.46. The standard InChI is InChI=1S/C16H15Cl2N3O/c1-19-8-9-21-15(22)13-6-7-14(18)20(13)10-16(19,21)11-2-4-12(17)5-3-11/h2-7H,8-10H2,1H3. The molecule has 3 heterocycles. The van der Waals surface area contributed by atoms with Crippen LogP contribution < -0.4 is 0 Å². The van der Waals surface area contributed by atoms with E-state index in [1.165, 1.54) is 0 Å². The Morgan fingerprint density at radius 1 is 1.05 bits per heavy atom. The van der Waals surface area contributed by atoms with Crippen molar-refractivity contribution in [1.29, 1.82) is 0 Å². The molecule has 1 fully saturated rings. The molecule has 0 aliphatic carbocycles. The molecule has 114 valence electrons. The van der Waals surface area contributed by atoms with Gasteiger partial charge in [-0.3, -0.25) is 9.69 Å². The van der Waals surface area contributed by atoms with Gasteiger partial charge in [0.25, 0.3) is 5.91 Å². The average Bonchev–Trinajstić information content (AvgIpc) is 3.03. The Balaban J connectivity index is 1.93. The largest absolute Gasteiger partial charge is 0.323 e. The van der Waals surface area contributed by atoms with Gasteiger partial charge in [-0.15, -0.1) is 0 Å². The van der Waals surface area contributed by atoms with Crippen LogP contribution in [0.15, 0.2) is 36.4 Å². The van der Waals surface area contributed by atoms with Crippen LogP contribution in [0.1, 0.15) is 16.1 Å². The van der Waals surface area contributed by atoms with Gasteiger partial charge in [0.15, 0.2) is 0 Å². The Hall–Kier alpha value is -1.49. The van der Waals surface area contributed by atoms with Crippen molar-refractivity contribution in [2.75, 3.05) is 20.1 Å². The Morgan fingerprint density at radius 3 is 2.50 bits per heavy atom. The first-order valence-corrected chi connectivity index (χ1v) is 7.94. The highest BCUT2D eigenvalue weighted by atomic mass is 35.5. The molecule has 0 bridgehead atoms. The number of halogens is 2. The maximum Gasteiger partial charge on any atom is 0.272 e. The van der Waals surface area contributed by atoms with E-state index in [1.54, 1.807) is 12.1 Å². The van der Waals surface area contributed by atoms with E-state index in [9.17, 15) is 4.79 Å². The third-order valence-electron chi connectivity index (χ3n) is 4.81. The highest BCUT2D eigenvalue weighted by Gasteiger charge is 2.53. The molecular formula is C16H15Cl2N3O. The zero-order valence-corrected chi connectivity index (χ0v) is 13.6. The van der Waals surface area contributed by atoms with E-state index in [1.807, 2.05) is 40.8 Å². The Morgan fingerprint density at radius 2 is 1.77 bits per heavy atom. The van der Waals surface area contributed by atoms with Gasteiger partial charge in [-0.2, -0.15) is 0 Å². The Kier molecular flexibility index (Phi) is 3.05. The molecule has 4 rings (SSSR count). The van der Waals surface area contributed by atoms with Crippen LogP contribution in [-0.2, 0) is 12.2 Å². The smallest absolute Gasteiger partial charge is 0.272 e. The van der Waals surface area contributed by atoms with Crippen molar-refractivity contribution in [3.63, 3.8) is 0 Å². The van der Waals surface area contributed by atoms with E-state index in [2.05, 4.69) is 4.90 Å². The van der Waals surface area contributed by atoms with Gasteiger partial charge in [0, 0.05) is 18.1 Å². The second-order valence-electron chi connectivity index (χ2n) is 5.83. The van der Waals surface area contributed by atoms with Gasteiger partial charge < -0.3 is 9.47 Å². The minimum Gasteiger partial charge on any atom is -0.323 e. The minimum atomic E-state index is -0.503. The summed E-state index contributed by atoms with van der Waals surface area (Å²) in [6.45, 7) is 2.16. The summed E-state index contributed by atoms with van der Waals surface area (Å²) >= 11 is 12.3. The van der Waals surface area contributed by atoms with Crippen LogP contribution in [0.2, 0.25) is 10.2 Å². The average molecular weight is 336 g/mol. The molecule has 0 saturated carbocycles. The monoisotopic (exact) mass is 335 g/mol. The molecule has 0 N–H and O–H groups in total. The van der Waals surface area contributed by atoms with Crippen LogP contribution in [0.4, 0.5) is 0 Å². The fraction of sp³-hybridized carbons (Fsp3) is 0.312. The van der Waals surface area contributed by atoms with Gasteiger partial charge in [-0.25, -0.2) is 0 Å². The van der Waals surface area contributed by atoms with Crippen molar-refractivity contribution in [2.45, 2.75) is 12.2 Å². The van der Waals surface area contributed by atoms with Crippen LogP contribution in [-0.4, -0.2) is 40.4 Å². The fourth-order valence-corrected chi connectivity index (χ4v) is 3.97. The Bertz CT molecular complexity index is 755. The molecule has 1 unspecified atom stereocenters. The lowest BCUT2D eigenvalue weighted by Crippen LogP contribution is -2.57. The number of aromatic nitrogens is 1. The first-order valence-electron chi connectivity index (χ1n) is 7.18. The summed E-state index contributed by atoms with van der Waals surface area (Å²) in [5, 5.41) is 1.28. The Labute approximate surface area is 138 Å². The molecule has 4 nitrogen and oxygen atoms in total. The second-order valence-corrected chi connectivity index (χ2v) is 6.65. The molecule has 2 aliphatic heterocycles. The minimum absolute atomic E-state index is 0.0254. The normalized spacial score (nSPS) is 24.5. The molecule has 2 aliphatic rings. The van der Waals surface area contributed by atoms with Gasteiger partial charge in [-0.05, 0) is 36.9 Å². The molecule has 22 heavy (non-hydrogen) atoms. The lowest BCUT2D eigenvalue weighted by molar-refractivity contribution is -0.00116. The van der Waals surface area contributed by atoms with Gasteiger partial charge in [0.1, 0.15) is 16.5 Å². The molecule has 0 spiro atoms. The fourth-order valence-electron chi connectivity index (χ4n) is 3.63. The number of carbonyl (C=O) groups excluding carboxylic acids is 1. The molecule has 1 aromatic heterocycles. The zero-order valence-electron chi connectivity index (χ0n) is 12.1. The summed E-state index contributed by atoms with van der Waals surface area (Å²) in [7, 11) is 2.05. The summed E-state index contributed by atoms with van der Waals surface area (Å²) in [5.74, 6) is 0.0254. The molecule has 2 aromatic rings. The van der Waals surface area contributed by atoms with Gasteiger partial charge in [0.2, 0.25) is 0 Å². The molecule has 1 atom stereocenters. The van der Waals surface area contributed by atoms with Crippen LogP contribution in [0.25, 0.3) is 0 Å². The number of fused-ring (bicyclic) bond motifs is 2. The summed E-state index contributed by atoms with van der Waals surface area (Å²) < 4.78 is 1.90. The predicted octanol–water partition coefficient (Wildman–Crippen LogP) is 3.05. The highest BCUT2D eigenvalue weighted by Crippen LogP contribution is 2.43. The van der Waals surface area contributed by atoms with Crippen LogP contribution in [0.5, 0.6) is 0 Å². The van der Waals surface area contributed by atoms with Crippen LogP contribution in [0.3, 0.4) is 0 Å². The summed E-state index contributed by atoms with van der Waals surface area (Å²) in [4.78, 5) is 17.1. The van der Waals surface area contributed by atoms with E-state index in [-0.39, 0.29) is 5.91 Å². The number of rotatable bonds is 1. The number of benzene rings is 1. The van der Waals surface area contributed by atoms with Gasteiger partial charge >= 0.3 is 0 Å². The zero-order chi connectivity index (χ0) is 15.5. The first kappa shape index (κ1) is 14.1. The van der Waals surface area contributed by atoms with Gasteiger partial charge in [-0.1, -0.05) is 35.3 Å². The number of amides is 1. The van der Waals surface area contributed by atoms with Crippen molar-refractivity contribution in [3.8, 4) is 0 Å². The van der Waals surface area contributed by atoms with E-state index < -0.39 is 5.66 Å². The second kappa shape index (κ2) is 4.75. The van der Waals surface area contributed by atoms with E-state index in [0.29, 0.717) is 29.0 Å². The maximum atomic E-state index is 12.9. The van der Waals surface area contributed by atoms with E-state index >= 15 is 0 Å². The summed E-state index contributed by atoms with van der Waals surface area (Å²) in [5.41, 5.74) is 1.21. The number of hydrogen-bond donors (Lipinski definition) is 0. The number of carbonyl (C=O) groups is 1. The van der Waals surface area contributed by atoms with Crippen molar-refractivity contribution in [1.82, 2.24) is 14.4 Å². The molecule has 1 amide bonds. The highest BCUT2D eigenvalue weighted by molar-refractivity contribution is 6.30. The lowest BCUT2D eigenvalue weighted by atomic mass is 9.95. The first-order chi connectivity index (χ1) is 10.5. The quantitative estimate of drug-likeness (QED) is 0.801. The molecule has 0 radical (unpaired) electrons. The maximum absolute atomic E-state index is 12.9. The molecular weight excluding hydrogens is 321 g/mol. The summed E-state index contributed by atoms with van der Waals surface area (Å²) in [6.07, 6.45) is 0. The summed E-state index contributed by atoms with van der Waals surface area (Å²) in [6, 6.07) is 11.3. The number of nitrogens with zero attached hydrogens (tertiary/aromatic N) is 3. The molecule has 1 saturated heterocycles. The van der Waals surface area contributed by atoms with Crippen molar-refractivity contribution < 1.29 is 4.79 Å². The molecule has 1 aromatic carbocycles. The molecule has 6 heteroatoms. The van der Waals surface area contributed by atoms with Crippen LogP contribution in [0, 0.1) is 0 Å². The SMILES string of the molecule is CN1CCN2C(=O)c3ccc(Cl)n3CC12c1ccc(Cl)cc1. The van der Waals surface area contributed by atoms with Crippen molar-refractivity contribution in [3.05, 3.63) is 57.8 Å². The van der Waals surface area contributed by atoms with Crippen LogP contribution >= 0.6 is 23.2 Å². The third-order valence-corrected chi connectivity index (χ3v) is 5.40. The van der Waals surface area contributed by atoms with Crippen molar-refractivity contribution >= 4 is 29.1 Å². The van der Waals surface area contributed by atoms with E-state index in [0.717, 1.165) is 12.1 Å².